The molecular weight excluding hydrogens is 432 g/mol. The Kier molecular flexibility index (Phi) is 5.32. The van der Waals surface area contributed by atoms with E-state index in [4.69, 9.17) is 14.2 Å². The van der Waals surface area contributed by atoms with Crippen molar-refractivity contribution in [1.29, 1.82) is 0 Å². The molecule has 1 fully saturated rings. The first-order valence-corrected chi connectivity index (χ1v) is 11.6. The topological polar surface area (TPSA) is 94.1 Å². The molecule has 0 unspecified atom stereocenters. The van der Waals surface area contributed by atoms with Crippen LogP contribution in [0.2, 0.25) is 0 Å². The van der Waals surface area contributed by atoms with Crippen molar-refractivity contribution in [2.24, 2.45) is 0 Å². The number of hydrogen-bond acceptors (Lipinski definition) is 8. The predicted octanol–water partition coefficient (Wildman–Crippen LogP) is 2.39. The fourth-order valence-electron chi connectivity index (χ4n) is 3.76. The van der Waals surface area contributed by atoms with Crippen LogP contribution in [0.5, 0.6) is 17.2 Å². The fraction of sp³-hybridized carbons (Fsp3) is 0.273. The summed E-state index contributed by atoms with van der Waals surface area (Å²) in [5.74, 6) is 2.76. The monoisotopic (exact) mass is 454 g/mol. The molecule has 0 bridgehead atoms. The molecule has 0 spiro atoms. The van der Waals surface area contributed by atoms with E-state index >= 15 is 0 Å². The SMILES string of the molecule is COc1ccc(S(=O)(=O)N2CCN(c3ccc(-c4ccc5c(c4)OCO5)nn3)CC2)cc1. The number of sulfonamides is 1. The Balaban J connectivity index is 1.25. The minimum Gasteiger partial charge on any atom is -0.497 e. The number of benzene rings is 2. The van der Waals surface area contributed by atoms with Gasteiger partial charge in [0.15, 0.2) is 17.3 Å². The van der Waals surface area contributed by atoms with E-state index in [0.29, 0.717) is 37.7 Å². The Morgan fingerprint density at radius 1 is 0.875 bits per heavy atom. The molecule has 0 radical (unpaired) electrons. The lowest BCUT2D eigenvalue weighted by Crippen LogP contribution is -2.48. The van der Waals surface area contributed by atoms with Gasteiger partial charge in [0.2, 0.25) is 16.8 Å². The molecule has 1 aromatic heterocycles. The van der Waals surface area contributed by atoms with Crippen LogP contribution in [0.4, 0.5) is 5.82 Å². The lowest BCUT2D eigenvalue weighted by molar-refractivity contribution is 0.174. The van der Waals surface area contributed by atoms with Crippen LogP contribution in [-0.2, 0) is 10.0 Å². The highest BCUT2D eigenvalue weighted by atomic mass is 32.2. The van der Waals surface area contributed by atoms with Gasteiger partial charge in [-0.1, -0.05) is 0 Å². The van der Waals surface area contributed by atoms with Crippen molar-refractivity contribution in [3.8, 4) is 28.5 Å². The summed E-state index contributed by atoms with van der Waals surface area (Å²) in [5.41, 5.74) is 1.62. The lowest BCUT2D eigenvalue weighted by Gasteiger charge is -2.34. The first kappa shape index (κ1) is 20.5. The summed E-state index contributed by atoms with van der Waals surface area (Å²) in [6, 6.07) is 15.9. The van der Waals surface area contributed by atoms with Gasteiger partial charge in [0.1, 0.15) is 5.75 Å². The van der Waals surface area contributed by atoms with Gasteiger partial charge in [-0.2, -0.15) is 4.31 Å². The van der Waals surface area contributed by atoms with Crippen LogP contribution in [0.15, 0.2) is 59.5 Å². The molecule has 1 saturated heterocycles. The van der Waals surface area contributed by atoms with Crippen molar-refractivity contribution in [1.82, 2.24) is 14.5 Å². The molecule has 3 heterocycles. The van der Waals surface area contributed by atoms with Crippen molar-refractivity contribution in [3.63, 3.8) is 0 Å². The van der Waals surface area contributed by atoms with Crippen LogP contribution in [0.25, 0.3) is 11.3 Å². The number of nitrogens with zero attached hydrogens (tertiary/aromatic N) is 4. The van der Waals surface area contributed by atoms with Gasteiger partial charge in [-0.15, -0.1) is 10.2 Å². The average molecular weight is 455 g/mol. The lowest BCUT2D eigenvalue weighted by atomic mass is 10.1. The number of aromatic nitrogens is 2. The Labute approximate surface area is 186 Å². The summed E-state index contributed by atoms with van der Waals surface area (Å²) >= 11 is 0. The molecule has 0 N–H and O–H groups in total. The Bertz CT molecular complexity index is 1210. The molecule has 166 valence electrons. The van der Waals surface area contributed by atoms with Gasteiger partial charge in [-0.25, -0.2) is 8.42 Å². The number of piperazine rings is 1. The molecule has 3 aromatic rings. The van der Waals surface area contributed by atoms with Crippen LogP contribution in [-0.4, -0.2) is 63.0 Å². The molecule has 0 amide bonds. The summed E-state index contributed by atoms with van der Waals surface area (Å²) < 4.78 is 43.2. The molecular formula is C22H22N4O5S. The van der Waals surface area contributed by atoms with Gasteiger partial charge in [-0.3, -0.25) is 0 Å². The Hall–Kier alpha value is -3.37. The minimum absolute atomic E-state index is 0.226. The average Bonchev–Trinajstić information content (AvgIpc) is 3.32. The number of fused-ring (bicyclic) bond motifs is 1. The summed E-state index contributed by atoms with van der Waals surface area (Å²) in [5, 5.41) is 8.71. The second kappa shape index (κ2) is 8.29. The minimum atomic E-state index is -3.55. The zero-order valence-electron chi connectivity index (χ0n) is 17.5. The summed E-state index contributed by atoms with van der Waals surface area (Å²) in [6.07, 6.45) is 0. The van der Waals surface area contributed by atoms with E-state index in [1.54, 1.807) is 31.4 Å². The van der Waals surface area contributed by atoms with E-state index in [2.05, 4.69) is 10.2 Å². The molecule has 5 rings (SSSR count). The van der Waals surface area contributed by atoms with E-state index < -0.39 is 10.0 Å². The highest BCUT2D eigenvalue weighted by Gasteiger charge is 2.29. The molecule has 9 nitrogen and oxygen atoms in total. The fourth-order valence-corrected chi connectivity index (χ4v) is 5.18. The van der Waals surface area contributed by atoms with Gasteiger partial charge in [0, 0.05) is 31.7 Å². The maximum atomic E-state index is 12.9. The first-order chi connectivity index (χ1) is 15.5. The van der Waals surface area contributed by atoms with E-state index in [1.165, 1.54) is 4.31 Å². The highest BCUT2D eigenvalue weighted by Crippen LogP contribution is 2.35. The second-order valence-electron chi connectivity index (χ2n) is 7.41. The normalized spacial score (nSPS) is 16.2. The van der Waals surface area contributed by atoms with Gasteiger partial charge < -0.3 is 19.1 Å². The van der Waals surface area contributed by atoms with E-state index in [-0.39, 0.29) is 11.7 Å². The standard InChI is InChI=1S/C22H22N4O5S/c1-29-17-3-5-18(6-4-17)32(27,28)26-12-10-25(11-13-26)22-9-7-19(23-24-22)16-2-8-20-21(14-16)31-15-30-20/h2-9,14H,10-13,15H2,1H3. The van der Waals surface area contributed by atoms with E-state index in [1.807, 2.05) is 35.2 Å². The zero-order valence-corrected chi connectivity index (χ0v) is 18.3. The summed E-state index contributed by atoms with van der Waals surface area (Å²) in [6.45, 7) is 2.05. The van der Waals surface area contributed by atoms with Crippen molar-refractivity contribution < 1.29 is 22.6 Å². The first-order valence-electron chi connectivity index (χ1n) is 10.2. The summed E-state index contributed by atoms with van der Waals surface area (Å²) in [7, 11) is -2.00. The maximum absolute atomic E-state index is 12.9. The highest BCUT2D eigenvalue weighted by molar-refractivity contribution is 7.89. The molecule has 32 heavy (non-hydrogen) atoms. The van der Waals surface area contributed by atoms with Gasteiger partial charge in [0.05, 0.1) is 17.7 Å². The third kappa shape index (κ3) is 3.82. The maximum Gasteiger partial charge on any atom is 0.243 e. The third-order valence-electron chi connectivity index (χ3n) is 5.58. The predicted molar refractivity (Wildman–Crippen MR) is 118 cm³/mol. The number of rotatable bonds is 5. The van der Waals surface area contributed by atoms with Crippen LogP contribution >= 0.6 is 0 Å². The van der Waals surface area contributed by atoms with Crippen LogP contribution in [0, 0.1) is 0 Å². The van der Waals surface area contributed by atoms with Crippen LogP contribution in [0.1, 0.15) is 0 Å². The molecule has 0 atom stereocenters. The number of methoxy groups -OCH3 is 1. The molecule has 2 aromatic carbocycles. The second-order valence-corrected chi connectivity index (χ2v) is 9.35. The Morgan fingerprint density at radius 3 is 2.31 bits per heavy atom. The van der Waals surface area contributed by atoms with E-state index in [0.717, 1.165) is 22.8 Å². The molecule has 0 aliphatic carbocycles. The van der Waals surface area contributed by atoms with Crippen molar-refractivity contribution in [3.05, 3.63) is 54.6 Å². The summed E-state index contributed by atoms with van der Waals surface area (Å²) in [4.78, 5) is 2.30. The molecule has 0 saturated carbocycles. The smallest absolute Gasteiger partial charge is 0.243 e. The van der Waals surface area contributed by atoms with E-state index in [9.17, 15) is 8.42 Å². The van der Waals surface area contributed by atoms with Crippen LogP contribution < -0.4 is 19.1 Å². The van der Waals surface area contributed by atoms with Crippen LogP contribution in [0.3, 0.4) is 0 Å². The van der Waals surface area contributed by atoms with Gasteiger partial charge in [0.25, 0.3) is 0 Å². The largest absolute Gasteiger partial charge is 0.497 e. The number of ether oxygens (including phenoxy) is 3. The zero-order chi connectivity index (χ0) is 22.1. The van der Waals surface area contributed by atoms with Crippen molar-refractivity contribution >= 4 is 15.8 Å². The quantitative estimate of drug-likeness (QED) is 0.580. The molecule has 2 aliphatic heterocycles. The van der Waals surface area contributed by atoms with Gasteiger partial charge >= 0.3 is 0 Å². The third-order valence-corrected chi connectivity index (χ3v) is 7.49. The number of hydrogen-bond donors (Lipinski definition) is 0. The molecule has 10 heteroatoms. The Morgan fingerprint density at radius 2 is 1.62 bits per heavy atom. The van der Waals surface area contributed by atoms with Gasteiger partial charge in [-0.05, 0) is 54.6 Å². The van der Waals surface area contributed by atoms with Crippen molar-refractivity contribution in [2.75, 3.05) is 45.0 Å². The van der Waals surface area contributed by atoms with Crippen molar-refractivity contribution in [2.45, 2.75) is 4.90 Å². The number of anilines is 1. The molecule has 2 aliphatic rings.